The Balaban J connectivity index is 2.46. The van der Waals surface area contributed by atoms with Crippen LogP contribution in [0.5, 0.6) is 5.75 Å². The number of rotatable bonds is 6. The van der Waals surface area contributed by atoms with Crippen LogP contribution >= 0.6 is 0 Å². The van der Waals surface area contributed by atoms with E-state index in [1.54, 1.807) is 12.1 Å². The standard InChI is InChI=1S/C17H19F2NO/c1-3-20-16(13-9-5-4-8-12(13)2)14-10-6-7-11-15(14)21-17(18)19/h4-11,16-17,20H,3H2,1-2H3. The minimum atomic E-state index is -2.83. The van der Waals surface area contributed by atoms with Crippen LogP contribution in [0.25, 0.3) is 0 Å². The van der Waals surface area contributed by atoms with Gasteiger partial charge in [-0.25, -0.2) is 0 Å². The number of hydrogen-bond donors (Lipinski definition) is 1. The molecule has 1 N–H and O–H groups in total. The van der Waals surface area contributed by atoms with Crippen molar-refractivity contribution >= 4 is 0 Å². The van der Waals surface area contributed by atoms with Gasteiger partial charge in [-0.1, -0.05) is 49.4 Å². The normalized spacial score (nSPS) is 12.4. The summed E-state index contributed by atoms with van der Waals surface area (Å²) in [7, 11) is 0. The van der Waals surface area contributed by atoms with E-state index in [4.69, 9.17) is 0 Å². The monoisotopic (exact) mass is 291 g/mol. The van der Waals surface area contributed by atoms with Crippen LogP contribution in [0.1, 0.15) is 29.7 Å². The Labute approximate surface area is 123 Å². The molecule has 0 aliphatic heterocycles. The summed E-state index contributed by atoms with van der Waals surface area (Å²) in [5.41, 5.74) is 2.88. The highest BCUT2D eigenvalue weighted by Crippen LogP contribution is 2.32. The summed E-state index contributed by atoms with van der Waals surface area (Å²) in [5.74, 6) is 0.210. The number of alkyl halides is 2. The van der Waals surface area contributed by atoms with Crippen molar-refractivity contribution in [3.8, 4) is 5.75 Å². The first-order chi connectivity index (χ1) is 10.1. The van der Waals surface area contributed by atoms with E-state index in [0.29, 0.717) is 5.56 Å². The topological polar surface area (TPSA) is 21.3 Å². The molecular formula is C17H19F2NO. The summed E-state index contributed by atoms with van der Waals surface area (Å²) < 4.78 is 29.8. The van der Waals surface area contributed by atoms with E-state index in [2.05, 4.69) is 10.1 Å². The molecule has 1 unspecified atom stereocenters. The van der Waals surface area contributed by atoms with Crippen LogP contribution in [-0.4, -0.2) is 13.2 Å². The van der Waals surface area contributed by atoms with Crippen LogP contribution in [0, 0.1) is 6.92 Å². The van der Waals surface area contributed by atoms with E-state index < -0.39 is 6.61 Å². The van der Waals surface area contributed by atoms with Crippen LogP contribution in [0.3, 0.4) is 0 Å². The van der Waals surface area contributed by atoms with Gasteiger partial charge in [0.15, 0.2) is 0 Å². The summed E-state index contributed by atoms with van der Waals surface area (Å²) in [5, 5.41) is 3.34. The first-order valence-electron chi connectivity index (χ1n) is 6.96. The Morgan fingerprint density at radius 3 is 2.24 bits per heavy atom. The predicted molar refractivity (Wildman–Crippen MR) is 79.8 cm³/mol. The van der Waals surface area contributed by atoms with Crippen molar-refractivity contribution in [2.75, 3.05) is 6.54 Å². The highest BCUT2D eigenvalue weighted by Gasteiger charge is 2.20. The van der Waals surface area contributed by atoms with Crippen LogP contribution < -0.4 is 10.1 Å². The minimum absolute atomic E-state index is 0.175. The van der Waals surface area contributed by atoms with E-state index in [-0.39, 0.29) is 11.8 Å². The SMILES string of the molecule is CCNC(c1ccccc1C)c1ccccc1OC(F)F. The molecule has 1 atom stereocenters. The lowest BCUT2D eigenvalue weighted by atomic mass is 9.94. The first-order valence-corrected chi connectivity index (χ1v) is 6.96. The van der Waals surface area contributed by atoms with Crippen LogP contribution in [0.15, 0.2) is 48.5 Å². The molecule has 112 valence electrons. The fourth-order valence-electron chi connectivity index (χ4n) is 2.42. The minimum Gasteiger partial charge on any atom is -0.434 e. The number of halogens is 2. The molecule has 2 nitrogen and oxygen atoms in total. The molecule has 0 radical (unpaired) electrons. The van der Waals surface area contributed by atoms with Crippen molar-refractivity contribution in [1.29, 1.82) is 0 Å². The maximum atomic E-state index is 12.6. The lowest BCUT2D eigenvalue weighted by molar-refractivity contribution is -0.0506. The molecule has 0 heterocycles. The highest BCUT2D eigenvalue weighted by molar-refractivity contribution is 5.43. The third kappa shape index (κ3) is 3.79. The maximum Gasteiger partial charge on any atom is 0.387 e. The molecule has 2 aromatic rings. The van der Waals surface area contributed by atoms with Gasteiger partial charge in [0, 0.05) is 5.56 Å². The molecule has 0 aliphatic carbocycles. The van der Waals surface area contributed by atoms with Gasteiger partial charge in [-0.2, -0.15) is 8.78 Å². The molecule has 0 amide bonds. The maximum absolute atomic E-state index is 12.6. The lowest BCUT2D eigenvalue weighted by Gasteiger charge is -2.23. The summed E-state index contributed by atoms with van der Waals surface area (Å²) in [6.45, 7) is 1.89. The Hall–Kier alpha value is -1.94. The van der Waals surface area contributed by atoms with Crippen LogP contribution in [0.4, 0.5) is 8.78 Å². The Kier molecular flexibility index (Phi) is 5.28. The van der Waals surface area contributed by atoms with E-state index in [0.717, 1.165) is 17.7 Å². The lowest BCUT2D eigenvalue weighted by Crippen LogP contribution is -2.23. The second-order valence-electron chi connectivity index (χ2n) is 4.76. The van der Waals surface area contributed by atoms with Gasteiger partial charge in [0.1, 0.15) is 5.75 Å². The fourth-order valence-corrected chi connectivity index (χ4v) is 2.42. The molecule has 0 saturated carbocycles. The van der Waals surface area contributed by atoms with Crippen molar-refractivity contribution in [1.82, 2.24) is 5.32 Å². The van der Waals surface area contributed by atoms with E-state index in [9.17, 15) is 8.78 Å². The van der Waals surface area contributed by atoms with Crippen molar-refractivity contribution in [3.05, 3.63) is 65.2 Å². The molecule has 21 heavy (non-hydrogen) atoms. The van der Waals surface area contributed by atoms with Gasteiger partial charge in [0.2, 0.25) is 0 Å². The third-order valence-electron chi connectivity index (χ3n) is 3.35. The van der Waals surface area contributed by atoms with Crippen molar-refractivity contribution in [2.45, 2.75) is 26.5 Å². The Morgan fingerprint density at radius 2 is 1.62 bits per heavy atom. The second-order valence-corrected chi connectivity index (χ2v) is 4.76. The van der Waals surface area contributed by atoms with E-state index in [1.807, 2.05) is 50.2 Å². The molecule has 0 bridgehead atoms. The van der Waals surface area contributed by atoms with Crippen LogP contribution in [-0.2, 0) is 0 Å². The molecule has 2 rings (SSSR count). The summed E-state index contributed by atoms with van der Waals surface area (Å²) in [4.78, 5) is 0. The van der Waals surface area contributed by atoms with E-state index in [1.165, 1.54) is 0 Å². The van der Waals surface area contributed by atoms with Gasteiger partial charge >= 0.3 is 6.61 Å². The smallest absolute Gasteiger partial charge is 0.387 e. The third-order valence-corrected chi connectivity index (χ3v) is 3.35. The van der Waals surface area contributed by atoms with Crippen LogP contribution in [0.2, 0.25) is 0 Å². The zero-order valence-corrected chi connectivity index (χ0v) is 12.1. The predicted octanol–water partition coefficient (Wildman–Crippen LogP) is 4.30. The summed E-state index contributed by atoms with van der Waals surface area (Å²) in [6.07, 6.45) is 0. The molecule has 4 heteroatoms. The van der Waals surface area contributed by atoms with Gasteiger partial charge in [0.05, 0.1) is 6.04 Å². The molecule has 0 saturated heterocycles. The van der Waals surface area contributed by atoms with Gasteiger partial charge < -0.3 is 10.1 Å². The molecule has 0 fully saturated rings. The molecular weight excluding hydrogens is 272 g/mol. The number of hydrogen-bond acceptors (Lipinski definition) is 2. The first kappa shape index (κ1) is 15.4. The van der Waals surface area contributed by atoms with E-state index >= 15 is 0 Å². The van der Waals surface area contributed by atoms with Gasteiger partial charge in [0.25, 0.3) is 0 Å². The summed E-state index contributed by atoms with van der Waals surface area (Å²) >= 11 is 0. The summed E-state index contributed by atoms with van der Waals surface area (Å²) in [6, 6.07) is 14.7. The van der Waals surface area contributed by atoms with Gasteiger partial charge in [-0.05, 0) is 30.7 Å². The Morgan fingerprint density at radius 1 is 1.00 bits per heavy atom. The average molecular weight is 291 g/mol. The zero-order valence-electron chi connectivity index (χ0n) is 12.1. The van der Waals surface area contributed by atoms with Crippen molar-refractivity contribution in [3.63, 3.8) is 0 Å². The molecule has 0 spiro atoms. The number of ether oxygens (including phenoxy) is 1. The molecule has 0 aromatic heterocycles. The molecule has 2 aromatic carbocycles. The number of benzene rings is 2. The quantitative estimate of drug-likeness (QED) is 0.857. The van der Waals surface area contributed by atoms with Crippen molar-refractivity contribution in [2.24, 2.45) is 0 Å². The number of para-hydroxylation sites is 1. The highest BCUT2D eigenvalue weighted by atomic mass is 19.3. The zero-order chi connectivity index (χ0) is 15.2. The second kappa shape index (κ2) is 7.18. The molecule has 0 aliphatic rings. The fraction of sp³-hybridized carbons (Fsp3) is 0.294. The van der Waals surface area contributed by atoms with Gasteiger partial charge in [-0.3, -0.25) is 0 Å². The number of aryl methyl sites for hydroxylation is 1. The van der Waals surface area contributed by atoms with Gasteiger partial charge in [-0.15, -0.1) is 0 Å². The Bertz CT molecular complexity index is 587. The average Bonchev–Trinajstić information content (AvgIpc) is 2.46. The van der Waals surface area contributed by atoms with Crippen molar-refractivity contribution < 1.29 is 13.5 Å². The largest absolute Gasteiger partial charge is 0.434 e. The number of nitrogens with one attached hydrogen (secondary N) is 1.